The number of amides is 3. The molecule has 0 radical (unpaired) electrons. The molecule has 3 amide bonds. The molecule has 0 aliphatic carbocycles. The van der Waals surface area contributed by atoms with Gasteiger partial charge in [-0.15, -0.1) is 0 Å². The van der Waals surface area contributed by atoms with Crippen LogP contribution < -0.4 is 5.32 Å². The molecule has 0 spiro atoms. The highest BCUT2D eigenvalue weighted by Gasteiger charge is 2.39. The van der Waals surface area contributed by atoms with Crippen molar-refractivity contribution in [3.8, 4) is 0 Å². The first-order valence-corrected chi connectivity index (χ1v) is 11.9. The average Bonchev–Trinajstić information content (AvgIpc) is 3.08. The highest BCUT2D eigenvalue weighted by Crippen LogP contribution is 2.36. The third-order valence-electron chi connectivity index (χ3n) is 5.84. The number of nitrogens with zero attached hydrogens (tertiary/aromatic N) is 1. The van der Waals surface area contributed by atoms with Crippen LogP contribution in [0, 0.1) is 0 Å². The van der Waals surface area contributed by atoms with Crippen molar-refractivity contribution in [2.45, 2.75) is 55.1 Å². The van der Waals surface area contributed by atoms with Crippen molar-refractivity contribution in [1.82, 2.24) is 10.2 Å². The summed E-state index contributed by atoms with van der Waals surface area (Å²) in [6, 6.07) is 11.1. The maximum Gasteiger partial charge on any atom is 0.446 e. The second-order valence-corrected chi connectivity index (χ2v) is 10.0. The van der Waals surface area contributed by atoms with Crippen LogP contribution in [0.15, 0.2) is 47.4 Å². The lowest BCUT2D eigenvalue weighted by Crippen LogP contribution is -2.52. The van der Waals surface area contributed by atoms with Crippen LogP contribution in [0.5, 0.6) is 0 Å². The summed E-state index contributed by atoms with van der Waals surface area (Å²) < 4.78 is 37.4. The van der Waals surface area contributed by atoms with Gasteiger partial charge in [-0.25, -0.2) is 0 Å². The normalized spacial score (nSPS) is 18.1. The lowest BCUT2D eigenvalue weighted by atomic mass is 10.0. The fourth-order valence-electron chi connectivity index (χ4n) is 4.19. The van der Waals surface area contributed by atoms with Crippen molar-refractivity contribution in [3.05, 3.63) is 64.7 Å². The van der Waals surface area contributed by atoms with Crippen molar-refractivity contribution in [2.75, 3.05) is 0 Å². The first kappa shape index (κ1) is 24.4. The van der Waals surface area contributed by atoms with Gasteiger partial charge in [0, 0.05) is 29.8 Å². The molecule has 5 nitrogen and oxygen atoms in total. The molecule has 0 aromatic heterocycles. The first-order valence-electron chi connectivity index (χ1n) is 10.7. The number of thiocarbonyl (C=S) groups is 1. The molecule has 2 aromatic rings. The largest absolute Gasteiger partial charge is 0.446 e. The second kappa shape index (κ2) is 9.87. The topological polar surface area (TPSA) is 66.5 Å². The van der Waals surface area contributed by atoms with Crippen LogP contribution in [0.1, 0.15) is 46.3 Å². The molecular formula is C24H21F3N2O3S2. The van der Waals surface area contributed by atoms with Gasteiger partial charge >= 0.3 is 5.51 Å². The Kier molecular flexibility index (Phi) is 7.09. The van der Waals surface area contributed by atoms with Gasteiger partial charge < -0.3 is 4.90 Å². The fraction of sp³-hybridized carbons (Fsp3) is 0.333. The Bertz CT molecular complexity index is 1150. The monoisotopic (exact) mass is 506 g/mol. The number of hydrogen-bond acceptors (Lipinski definition) is 5. The van der Waals surface area contributed by atoms with Crippen molar-refractivity contribution in [3.63, 3.8) is 0 Å². The van der Waals surface area contributed by atoms with E-state index >= 15 is 0 Å². The van der Waals surface area contributed by atoms with Gasteiger partial charge in [0.15, 0.2) is 0 Å². The minimum absolute atomic E-state index is 0.140. The van der Waals surface area contributed by atoms with Gasteiger partial charge in [0.05, 0.1) is 0 Å². The molecule has 1 atom stereocenters. The standard InChI is InChI=1S/C24H21F3N2O3S2/c25-24(26,27)34-18-6-2-15(3-7-18)12-17(33)5-1-14-4-8-19-16(11-14)13-29(23(19)32)20-9-10-21(30)28-22(20)31/h2-4,6-8,11,20H,1,5,9-10,12-13H2,(H,28,30,31). The first-order chi connectivity index (χ1) is 16.1. The smallest absolute Gasteiger partial charge is 0.322 e. The molecule has 2 aromatic carbocycles. The van der Waals surface area contributed by atoms with E-state index in [0.29, 0.717) is 37.8 Å². The van der Waals surface area contributed by atoms with Crippen LogP contribution in [0.2, 0.25) is 0 Å². The Morgan fingerprint density at radius 3 is 2.47 bits per heavy atom. The van der Waals surface area contributed by atoms with Gasteiger partial charge in [-0.1, -0.05) is 36.5 Å². The molecule has 1 fully saturated rings. The molecule has 2 aliphatic heterocycles. The molecule has 0 saturated carbocycles. The summed E-state index contributed by atoms with van der Waals surface area (Å²) >= 11 is 5.34. The van der Waals surface area contributed by atoms with Crippen LogP contribution in [0.3, 0.4) is 0 Å². The van der Waals surface area contributed by atoms with Crippen LogP contribution >= 0.6 is 24.0 Å². The van der Waals surface area contributed by atoms with E-state index in [1.54, 1.807) is 18.2 Å². The molecule has 178 valence electrons. The minimum atomic E-state index is -4.31. The molecule has 1 unspecified atom stereocenters. The Labute approximate surface area is 204 Å². The van der Waals surface area contributed by atoms with Crippen LogP contribution in [0.25, 0.3) is 0 Å². The summed E-state index contributed by atoms with van der Waals surface area (Å²) in [6.07, 6.45) is 2.32. The Morgan fingerprint density at radius 1 is 1.09 bits per heavy atom. The molecule has 4 rings (SSSR count). The van der Waals surface area contributed by atoms with E-state index in [1.165, 1.54) is 17.0 Å². The van der Waals surface area contributed by atoms with Crippen LogP contribution in [0.4, 0.5) is 13.2 Å². The number of piperidine rings is 1. The lowest BCUT2D eigenvalue weighted by molar-refractivity contribution is -0.136. The quantitative estimate of drug-likeness (QED) is 0.338. The number of halogens is 3. The number of thioether (sulfide) groups is 1. The molecule has 1 N–H and O–H groups in total. The maximum atomic E-state index is 12.8. The number of benzene rings is 2. The Hall–Kier alpha value is -2.72. The summed E-state index contributed by atoms with van der Waals surface area (Å²) in [5, 5.41) is 2.29. The van der Waals surface area contributed by atoms with E-state index in [2.05, 4.69) is 5.32 Å². The Morgan fingerprint density at radius 2 is 1.79 bits per heavy atom. The third-order valence-corrected chi connectivity index (χ3v) is 6.93. The van der Waals surface area contributed by atoms with Gasteiger partial charge in [-0.05, 0) is 70.8 Å². The van der Waals surface area contributed by atoms with E-state index in [-0.39, 0.29) is 34.9 Å². The third kappa shape index (κ3) is 5.85. The van der Waals surface area contributed by atoms with Gasteiger partial charge in [0.2, 0.25) is 11.8 Å². The van der Waals surface area contributed by atoms with Crippen molar-refractivity contribution < 1.29 is 27.6 Å². The van der Waals surface area contributed by atoms with Gasteiger partial charge in [-0.3, -0.25) is 19.7 Å². The lowest BCUT2D eigenvalue weighted by Gasteiger charge is -2.29. The Balaban J connectivity index is 1.32. The van der Waals surface area contributed by atoms with Crippen LogP contribution in [-0.2, 0) is 29.0 Å². The minimum Gasteiger partial charge on any atom is -0.322 e. The predicted octanol–water partition coefficient (Wildman–Crippen LogP) is 4.60. The zero-order chi connectivity index (χ0) is 24.5. The van der Waals surface area contributed by atoms with E-state index in [4.69, 9.17) is 12.2 Å². The van der Waals surface area contributed by atoms with Gasteiger partial charge in [0.25, 0.3) is 5.91 Å². The number of imide groups is 1. The molecule has 34 heavy (non-hydrogen) atoms. The highest BCUT2D eigenvalue weighted by molar-refractivity contribution is 8.00. The summed E-state index contributed by atoms with van der Waals surface area (Å²) in [5.41, 5.74) is -1.04. The SMILES string of the molecule is O=C1CCC(N2Cc3cc(CCC(=S)Cc4ccc(SC(F)(F)F)cc4)ccc3C2=O)C(=O)N1. The number of rotatable bonds is 7. The molecule has 2 aliphatic rings. The number of carbonyl (C=O) groups excluding carboxylic acids is 3. The average molecular weight is 507 g/mol. The highest BCUT2D eigenvalue weighted by atomic mass is 32.2. The zero-order valence-electron chi connectivity index (χ0n) is 18.0. The predicted molar refractivity (Wildman–Crippen MR) is 125 cm³/mol. The van der Waals surface area contributed by atoms with Crippen LogP contribution in [-0.4, -0.2) is 39.0 Å². The number of fused-ring (bicyclic) bond motifs is 1. The maximum absolute atomic E-state index is 12.8. The summed E-state index contributed by atoms with van der Waals surface area (Å²) in [5.74, 6) is -0.966. The molecule has 0 bridgehead atoms. The van der Waals surface area contributed by atoms with E-state index in [1.807, 2.05) is 12.1 Å². The molecule has 2 heterocycles. The number of alkyl halides is 3. The second-order valence-electron chi connectivity index (χ2n) is 8.30. The van der Waals surface area contributed by atoms with Gasteiger partial charge in [-0.2, -0.15) is 13.2 Å². The van der Waals surface area contributed by atoms with E-state index < -0.39 is 17.5 Å². The summed E-state index contributed by atoms with van der Waals surface area (Å²) in [4.78, 5) is 38.8. The van der Waals surface area contributed by atoms with Crippen molar-refractivity contribution in [2.24, 2.45) is 0 Å². The van der Waals surface area contributed by atoms with E-state index in [0.717, 1.165) is 21.6 Å². The molecule has 1 saturated heterocycles. The van der Waals surface area contributed by atoms with Crippen molar-refractivity contribution in [1.29, 1.82) is 0 Å². The van der Waals surface area contributed by atoms with Crippen molar-refractivity contribution >= 4 is 46.6 Å². The fourth-order valence-corrected chi connectivity index (χ4v) is 5.00. The summed E-state index contributed by atoms with van der Waals surface area (Å²) in [7, 11) is 0. The zero-order valence-corrected chi connectivity index (χ0v) is 19.6. The van der Waals surface area contributed by atoms with E-state index in [9.17, 15) is 27.6 Å². The number of aryl methyl sites for hydroxylation is 1. The number of nitrogens with one attached hydrogen (secondary N) is 1. The number of hydrogen-bond donors (Lipinski definition) is 1. The number of carbonyl (C=O) groups is 3. The molecular weight excluding hydrogens is 485 g/mol. The molecule has 10 heteroatoms. The summed E-state index contributed by atoms with van der Waals surface area (Å²) in [6.45, 7) is 0.320. The van der Waals surface area contributed by atoms with Gasteiger partial charge in [0.1, 0.15) is 6.04 Å².